The number of halogens is 5. The van der Waals surface area contributed by atoms with Crippen LogP contribution in [-0.2, 0) is 28.1 Å². The second kappa shape index (κ2) is 12.6. The summed E-state index contributed by atoms with van der Waals surface area (Å²) in [6.45, 7) is 7.80. The molecule has 4 heterocycles. The number of carbonyl (C=O) groups excluding carboxylic acids is 1. The van der Waals surface area contributed by atoms with Gasteiger partial charge in [-0.2, -0.15) is 0 Å². The van der Waals surface area contributed by atoms with Gasteiger partial charge in [-0.25, -0.2) is 13.8 Å². The zero-order chi connectivity index (χ0) is 27.2. The molecule has 0 unspecified atom stereocenters. The second-order valence-corrected chi connectivity index (χ2v) is 11.1. The molecule has 0 saturated carbocycles. The lowest BCUT2D eigenvalue weighted by atomic mass is 9.79. The number of carbonyl (C=O) groups is 2. The monoisotopic (exact) mass is 617 g/mol. The predicted molar refractivity (Wildman–Crippen MR) is 154 cm³/mol. The Morgan fingerprint density at radius 2 is 1.70 bits per heavy atom. The Labute approximate surface area is 248 Å². The van der Waals surface area contributed by atoms with Crippen LogP contribution in [0.1, 0.15) is 30.7 Å². The van der Waals surface area contributed by atoms with Crippen molar-refractivity contribution in [1.82, 2.24) is 24.3 Å². The number of nitrogens with zero attached hydrogens (tertiary/aromatic N) is 5. The topological polar surface area (TPSA) is 81.9 Å². The lowest BCUT2D eigenvalue weighted by Gasteiger charge is -2.40. The quantitative estimate of drug-likeness (QED) is 0.418. The van der Waals surface area contributed by atoms with Crippen LogP contribution >= 0.6 is 36.4 Å². The molecular weight excluding hydrogens is 587 g/mol. The summed E-state index contributed by atoms with van der Waals surface area (Å²) in [6, 6.07) is 6.39. The van der Waals surface area contributed by atoms with Crippen LogP contribution in [0.25, 0.3) is 11.0 Å². The molecule has 0 spiro atoms. The van der Waals surface area contributed by atoms with Crippen LogP contribution in [0.15, 0.2) is 30.5 Å². The number of carboxylic acid groups (broad SMARTS) is 1. The van der Waals surface area contributed by atoms with Crippen molar-refractivity contribution in [3.05, 3.63) is 63.9 Å². The largest absolute Gasteiger partial charge is 0.480 e. The van der Waals surface area contributed by atoms with E-state index in [0.29, 0.717) is 44.9 Å². The van der Waals surface area contributed by atoms with Gasteiger partial charge in [0.2, 0.25) is 5.91 Å². The highest BCUT2D eigenvalue weighted by Crippen LogP contribution is 2.40. The third kappa shape index (κ3) is 6.21. The first-order chi connectivity index (χ1) is 18.0. The first-order valence-electron chi connectivity index (χ1n) is 12.6. The van der Waals surface area contributed by atoms with E-state index in [0.717, 1.165) is 22.7 Å². The maximum absolute atomic E-state index is 14.9. The Balaban J connectivity index is 0.00000220. The molecule has 0 aliphatic carbocycles. The second-order valence-electron chi connectivity index (χ2n) is 10.7. The number of pyridine rings is 1. The van der Waals surface area contributed by atoms with Crippen molar-refractivity contribution in [2.45, 2.75) is 32.4 Å². The van der Waals surface area contributed by atoms with Gasteiger partial charge >= 0.3 is 5.97 Å². The molecule has 13 heteroatoms. The van der Waals surface area contributed by atoms with Gasteiger partial charge in [-0.3, -0.25) is 19.4 Å². The summed E-state index contributed by atoms with van der Waals surface area (Å²) in [5.41, 5.74) is 2.46. The molecule has 3 aromatic rings. The summed E-state index contributed by atoms with van der Waals surface area (Å²) in [4.78, 5) is 34.8. The minimum Gasteiger partial charge on any atom is -0.480 e. The smallest absolute Gasteiger partial charge is 0.317 e. The number of aliphatic carboxylic acids is 1. The molecule has 1 fully saturated rings. The number of benzene rings is 1. The van der Waals surface area contributed by atoms with E-state index in [-0.39, 0.29) is 55.9 Å². The number of hydrogen-bond donors (Lipinski definition) is 1. The van der Waals surface area contributed by atoms with Crippen LogP contribution in [0.3, 0.4) is 0 Å². The van der Waals surface area contributed by atoms with Gasteiger partial charge in [0.25, 0.3) is 0 Å². The minimum absolute atomic E-state index is 0. The number of piperazine rings is 1. The van der Waals surface area contributed by atoms with Crippen LogP contribution in [0, 0.1) is 11.6 Å². The van der Waals surface area contributed by atoms with Crippen LogP contribution in [0.4, 0.5) is 8.78 Å². The third-order valence-corrected chi connectivity index (χ3v) is 7.86. The van der Waals surface area contributed by atoms with Crippen molar-refractivity contribution in [3.63, 3.8) is 0 Å². The van der Waals surface area contributed by atoms with Gasteiger partial charge in [-0.15, -0.1) is 24.8 Å². The molecule has 2 aromatic heterocycles. The molecule has 5 rings (SSSR count). The maximum Gasteiger partial charge on any atom is 0.317 e. The van der Waals surface area contributed by atoms with Crippen molar-refractivity contribution < 1.29 is 23.5 Å². The van der Waals surface area contributed by atoms with Crippen LogP contribution in [0.2, 0.25) is 5.02 Å². The summed E-state index contributed by atoms with van der Waals surface area (Å²) in [5, 5.41) is 9.43. The van der Waals surface area contributed by atoms with Gasteiger partial charge < -0.3 is 14.6 Å². The Morgan fingerprint density at radius 3 is 2.35 bits per heavy atom. The van der Waals surface area contributed by atoms with Crippen LogP contribution in [0.5, 0.6) is 0 Å². The van der Waals surface area contributed by atoms with E-state index in [2.05, 4.69) is 23.7 Å². The normalized spacial score (nSPS) is 17.2. The third-order valence-electron chi connectivity index (χ3n) is 7.51. The van der Waals surface area contributed by atoms with E-state index in [1.807, 2.05) is 26.5 Å². The van der Waals surface area contributed by atoms with Gasteiger partial charge in [0.15, 0.2) is 0 Å². The SMILES string of the molecule is CC1(C)CN(C(=O)CN2CCN(CC(=O)O)CC2)Cc2c1c1cccnc1n2Cc1ccc(F)c(Cl)c1F.Cl.Cl. The van der Waals surface area contributed by atoms with E-state index in [1.165, 1.54) is 6.07 Å². The van der Waals surface area contributed by atoms with E-state index >= 15 is 0 Å². The zero-order valence-electron chi connectivity index (χ0n) is 22.2. The molecule has 1 saturated heterocycles. The molecule has 0 atom stereocenters. The Morgan fingerprint density at radius 1 is 1.05 bits per heavy atom. The molecule has 0 radical (unpaired) electrons. The highest BCUT2D eigenvalue weighted by atomic mass is 35.5. The van der Waals surface area contributed by atoms with E-state index in [4.69, 9.17) is 16.7 Å². The molecule has 8 nitrogen and oxygen atoms in total. The number of rotatable bonds is 6. The number of carboxylic acids is 1. The summed E-state index contributed by atoms with van der Waals surface area (Å²) >= 11 is 5.86. The first kappa shape index (κ1) is 32.0. The molecule has 1 N–H and O–H groups in total. The Bertz CT molecular complexity index is 1410. The minimum atomic E-state index is -0.853. The highest BCUT2D eigenvalue weighted by Gasteiger charge is 2.39. The summed E-state index contributed by atoms with van der Waals surface area (Å²) in [7, 11) is 0. The number of fused-ring (bicyclic) bond motifs is 3. The fourth-order valence-corrected chi connectivity index (χ4v) is 5.92. The summed E-state index contributed by atoms with van der Waals surface area (Å²) in [5.74, 6) is -2.49. The molecule has 0 bridgehead atoms. The van der Waals surface area contributed by atoms with Crippen molar-refractivity contribution in [3.8, 4) is 0 Å². The molecule has 2 aliphatic rings. The Hall–Kier alpha value is -2.50. The molecular formula is C27H32Cl3F2N5O3. The van der Waals surface area contributed by atoms with Gasteiger partial charge in [-0.1, -0.05) is 31.5 Å². The molecule has 1 amide bonds. The number of hydrogen-bond acceptors (Lipinski definition) is 5. The average molecular weight is 619 g/mol. The predicted octanol–water partition coefficient (Wildman–Crippen LogP) is 4.18. The van der Waals surface area contributed by atoms with Gasteiger partial charge in [0.05, 0.1) is 26.2 Å². The molecule has 40 heavy (non-hydrogen) atoms. The van der Waals surface area contributed by atoms with Crippen molar-refractivity contribution >= 4 is 59.3 Å². The van der Waals surface area contributed by atoms with Gasteiger partial charge in [-0.05, 0) is 23.8 Å². The lowest BCUT2D eigenvalue weighted by Crippen LogP contribution is -2.53. The standard InChI is InChI=1S/C27H30ClF2N5O3.2ClH/c1-27(2)16-34(21(36)14-32-8-10-33(11-9-32)15-22(37)38)13-20-23(27)18-4-3-7-31-26(18)35(20)12-17-5-6-19(29)24(28)25(17)30;;/h3-7H,8-16H2,1-2H3,(H,37,38);2*1H. The highest BCUT2D eigenvalue weighted by molar-refractivity contribution is 6.30. The van der Waals surface area contributed by atoms with Crippen LogP contribution < -0.4 is 0 Å². The molecule has 218 valence electrons. The van der Waals surface area contributed by atoms with Gasteiger partial charge in [0.1, 0.15) is 22.3 Å². The Kier molecular flexibility index (Phi) is 10.1. The van der Waals surface area contributed by atoms with E-state index < -0.39 is 28.0 Å². The van der Waals surface area contributed by atoms with Crippen molar-refractivity contribution in [1.29, 1.82) is 0 Å². The maximum atomic E-state index is 14.9. The number of amides is 1. The number of aromatic nitrogens is 2. The summed E-state index contributed by atoms with van der Waals surface area (Å²) in [6.07, 6.45) is 1.68. The lowest BCUT2D eigenvalue weighted by molar-refractivity contribution is -0.140. The molecule has 2 aliphatic heterocycles. The first-order valence-corrected chi connectivity index (χ1v) is 13.0. The van der Waals surface area contributed by atoms with Crippen molar-refractivity contribution in [2.75, 3.05) is 45.8 Å². The zero-order valence-corrected chi connectivity index (χ0v) is 24.6. The fraction of sp³-hybridized carbons (Fsp3) is 0.444. The van der Waals surface area contributed by atoms with Crippen LogP contribution in [-0.4, -0.2) is 87.0 Å². The van der Waals surface area contributed by atoms with E-state index in [9.17, 15) is 18.4 Å². The molecule has 1 aromatic carbocycles. The van der Waals surface area contributed by atoms with Crippen molar-refractivity contribution in [2.24, 2.45) is 0 Å². The summed E-state index contributed by atoms with van der Waals surface area (Å²) < 4.78 is 30.6. The fourth-order valence-electron chi connectivity index (χ4n) is 5.73. The average Bonchev–Trinajstić information content (AvgIpc) is 3.19. The van der Waals surface area contributed by atoms with Gasteiger partial charge in [0, 0.05) is 61.0 Å². The van der Waals surface area contributed by atoms with E-state index in [1.54, 1.807) is 6.20 Å².